The molecule has 0 bridgehead atoms. The zero-order valence-corrected chi connectivity index (χ0v) is 24.1. The molecule has 1 atom stereocenters. The zero-order valence-electron chi connectivity index (χ0n) is 23.3. The third-order valence-electron chi connectivity index (χ3n) is 7.40. The highest BCUT2D eigenvalue weighted by molar-refractivity contribution is 7.99. The van der Waals surface area contributed by atoms with Gasteiger partial charge >= 0.3 is 0 Å². The van der Waals surface area contributed by atoms with Crippen LogP contribution in [0.25, 0.3) is 17.1 Å². The van der Waals surface area contributed by atoms with Crippen LogP contribution in [0.1, 0.15) is 41.3 Å². The molecule has 1 aliphatic heterocycles. The van der Waals surface area contributed by atoms with Gasteiger partial charge in [0.1, 0.15) is 0 Å². The molecule has 4 aromatic rings. The molecule has 1 aromatic heterocycles. The van der Waals surface area contributed by atoms with E-state index in [9.17, 15) is 9.59 Å². The van der Waals surface area contributed by atoms with Gasteiger partial charge in [-0.15, -0.1) is 10.2 Å². The van der Waals surface area contributed by atoms with Crippen molar-refractivity contribution in [2.75, 3.05) is 25.4 Å². The van der Waals surface area contributed by atoms with Crippen molar-refractivity contribution in [3.63, 3.8) is 0 Å². The maximum absolute atomic E-state index is 13.1. The molecule has 1 saturated heterocycles. The van der Waals surface area contributed by atoms with Crippen LogP contribution < -0.4 is 0 Å². The van der Waals surface area contributed by atoms with Crippen molar-refractivity contribution in [1.82, 2.24) is 24.6 Å². The summed E-state index contributed by atoms with van der Waals surface area (Å²) < 4.78 is 2.11. The molecule has 3 aromatic carbocycles. The second-order valence-corrected chi connectivity index (χ2v) is 11.3. The smallest absolute Gasteiger partial charge is 0.254 e. The van der Waals surface area contributed by atoms with Crippen LogP contribution in [0.4, 0.5) is 0 Å². The standard InChI is InChI=1S/C32H35N5O2S/c1-23-12-7-9-16-27(23)31(39)36-20-19-35(22-25(36)3)29(38)18-11-21-40-32-34-33-30(26-14-5-4-6-15-26)37(32)28-17-10-8-13-24(28)2/h4-10,12-17,25H,11,18-22H2,1-3H3/t25-/m0/s1. The summed E-state index contributed by atoms with van der Waals surface area (Å²) in [7, 11) is 0. The van der Waals surface area contributed by atoms with Gasteiger partial charge in [0.05, 0.1) is 5.69 Å². The van der Waals surface area contributed by atoms with E-state index in [1.807, 2.05) is 90.4 Å². The van der Waals surface area contributed by atoms with Crippen LogP contribution in [0.5, 0.6) is 0 Å². The molecule has 2 amide bonds. The summed E-state index contributed by atoms with van der Waals surface area (Å²) in [6, 6.07) is 26.0. The Morgan fingerprint density at radius 2 is 1.57 bits per heavy atom. The van der Waals surface area contributed by atoms with E-state index in [0.717, 1.165) is 51.1 Å². The Kier molecular flexibility index (Phi) is 8.65. The van der Waals surface area contributed by atoms with E-state index in [1.165, 1.54) is 0 Å². The number of aromatic nitrogens is 3. The molecular formula is C32H35N5O2S. The van der Waals surface area contributed by atoms with Crippen LogP contribution in [0.15, 0.2) is 84.0 Å². The normalized spacial score (nSPS) is 15.3. The van der Waals surface area contributed by atoms with Crippen molar-refractivity contribution in [1.29, 1.82) is 0 Å². The highest BCUT2D eigenvalue weighted by atomic mass is 32.2. The minimum atomic E-state index is -0.0248. The minimum absolute atomic E-state index is 0.0248. The number of para-hydroxylation sites is 1. The minimum Gasteiger partial charge on any atom is -0.339 e. The highest BCUT2D eigenvalue weighted by Gasteiger charge is 2.30. The number of carbonyl (C=O) groups is 2. The number of thioether (sulfide) groups is 1. The SMILES string of the molecule is Cc1ccccc1C(=O)N1CCN(C(=O)CCCSc2nnc(-c3ccccc3)n2-c2ccccc2C)C[C@@H]1C. The van der Waals surface area contributed by atoms with Gasteiger partial charge in [-0.3, -0.25) is 14.2 Å². The molecular weight excluding hydrogens is 518 g/mol. The van der Waals surface area contributed by atoms with Gasteiger partial charge in [0.25, 0.3) is 5.91 Å². The average Bonchev–Trinajstić information content (AvgIpc) is 3.39. The lowest BCUT2D eigenvalue weighted by atomic mass is 10.1. The van der Waals surface area contributed by atoms with Gasteiger partial charge in [0, 0.05) is 49.0 Å². The quantitative estimate of drug-likeness (QED) is 0.204. The summed E-state index contributed by atoms with van der Waals surface area (Å²) in [5, 5.41) is 9.88. The van der Waals surface area contributed by atoms with Crippen LogP contribution in [0.2, 0.25) is 0 Å². The van der Waals surface area contributed by atoms with E-state index < -0.39 is 0 Å². The molecule has 5 rings (SSSR count). The van der Waals surface area contributed by atoms with Crippen molar-refractivity contribution in [3.05, 3.63) is 95.6 Å². The maximum atomic E-state index is 13.1. The van der Waals surface area contributed by atoms with E-state index in [2.05, 4.69) is 33.8 Å². The summed E-state index contributed by atoms with van der Waals surface area (Å²) in [6.07, 6.45) is 1.21. The third-order valence-corrected chi connectivity index (χ3v) is 8.42. The first-order valence-corrected chi connectivity index (χ1v) is 14.8. The number of piperazine rings is 1. The summed E-state index contributed by atoms with van der Waals surface area (Å²) >= 11 is 1.62. The van der Waals surface area contributed by atoms with Gasteiger partial charge in [-0.25, -0.2) is 0 Å². The Morgan fingerprint density at radius 3 is 2.30 bits per heavy atom. The van der Waals surface area contributed by atoms with Gasteiger partial charge in [-0.1, -0.05) is 78.5 Å². The number of carbonyl (C=O) groups excluding carboxylic acids is 2. The molecule has 2 heterocycles. The lowest BCUT2D eigenvalue weighted by Crippen LogP contribution is -2.55. The van der Waals surface area contributed by atoms with Gasteiger partial charge in [0.2, 0.25) is 5.91 Å². The molecule has 1 fully saturated rings. The molecule has 8 heteroatoms. The summed E-state index contributed by atoms with van der Waals surface area (Å²) in [4.78, 5) is 30.0. The van der Waals surface area contributed by atoms with Gasteiger partial charge < -0.3 is 9.80 Å². The van der Waals surface area contributed by atoms with Crippen LogP contribution in [-0.4, -0.2) is 67.8 Å². The Morgan fingerprint density at radius 1 is 0.875 bits per heavy atom. The molecule has 0 saturated carbocycles. The summed E-state index contributed by atoms with van der Waals surface area (Å²) in [5.41, 5.74) is 4.92. The van der Waals surface area contributed by atoms with Crippen molar-refractivity contribution in [2.24, 2.45) is 0 Å². The predicted molar refractivity (Wildman–Crippen MR) is 160 cm³/mol. The Labute approximate surface area is 240 Å². The number of rotatable bonds is 8. The van der Waals surface area contributed by atoms with Crippen molar-refractivity contribution < 1.29 is 9.59 Å². The third kappa shape index (κ3) is 5.97. The number of hydrogen-bond acceptors (Lipinski definition) is 5. The highest BCUT2D eigenvalue weighted by Crippen LogP contribution is 2.30. The predicted octanol–water partition coefficient (Wildman–Crippen LogP) is 5.80. The number of benzene rings is 3. The first-order chi connectivity index (χ1) is 19.4. The zero-order chi connectivity index (χ0) is 28.1. The first-order valence-electron chi connectivity index (χ1n) is 13.8. The average molecular weight is 554 g/mol. The fraction of sp³-hybridized carbons (Fsp3) is 0.312. The van der Waals surface area contributed by atoms with E-state index in [4.69, 9.17) is 0 Å². The Balaban J connectivity index is 1.18. The topological polar surface area (TPSA) is 71.3 Å². The molecule has 0 unspecified atom stereocenters. The summed E-state index contributed by atoms with van der Waals surface area (Å²) in [5.74, 6) is 1.74. The van der Waals surface area contributed by atoms with Crippen molar-refractivity contribution >= 4 is 23.6 Å². The van der Waals surface area contributed by atoms with E-state index in [1.54, 1.807) is 11.8 Å². The largest absolute Gasteiger partial charge is 0.339 e. The molecule has 0 aliphatic carbocycles. The van der Waals surface area contributed by atoms with E-state index >= 15 is 0 Å². The van der Waals surface area contributed by atoms with Gasteiger partial charge in [-0.05, 0) is 50.5 Å². The molecule has 0 spiro atoms. The first kappa shape index (κ1) is 27.6. The second kappa shape index (κ2) is 12.5. The summed E-state index contributed by atoms with van der Waals surface area (Å²) in [6.45, 7) is 7.75. The van der Waals surface area contributed by atoms with Crippen LogP contribution in [0, 0.1) is 13.8 Å². The van der Waals surface area contributed by atoms with E-state index in [-0.39, 0.29) is 17.9 Å². The molecule has 0 N–H and O–H groups in total. The molecule has 40 heavy (non-hydrogen) atoms. The number of aryl methyl sites for hydroxylation is 2. The van der Waals surface area contributed by atoms with Crippen LogP contribution >= 0.6 is 11.8 Å². The van der Waals surface area contributed by atoms with Crippen LogP contribution in [0.3, 0.4) is 0 Å². The number of hydrogen-bond donors (Lipinski definition) is 0. The lowest BCUT2D eigenvalue weighted by molar-refractivity contribution is -0.133. The lowest BCUT2D eigenvalue weighted by Gasteiger charge is -2.40. The number of amides is 2. The van der Waals surface area contributed by atoms with Crippen molar-refractivity contribution in [3.8, 4) is 17.1 Å². The molecule has 0 radical (unpaired) electrons. The fourth-order valence-electron chi connectivity index (χ4n) is 5.17. The van der Waals surface area contributed by atoms with E-state index in [0.29, 0.717) is 26.1 Å². The fourth-order valence-corrected chi connectivity index (χ4v) is 6.05. The Hall–Kier alpha value is -3.91. The van der Waals surface area contributed by atoms with Crippen molar-refractivity contribution in [2.45, 2.75) is 44.8 Å². The monoisotopic (exact) mass is 553 g/mol. The van der Waals surface area contributed by atoms with Gasteiger partial charge in [0.15, 0.2) is 11.0 Å². The molecule has 7 nitrogen and oxygen atoms in total. The van der Waals surface area contributed by atoms with Gasteiger partial charge in [-0.2, -0.15) is 0 Å². The molecule has 1 aliphatic rings. The van der Waals surface area contributed by atoms with Crippen LogP contribution in [-0.2, 0) is 4.79 Å². The maximum Gasteiger partial charge on any atom is 0.254 e. The number of nitrogens with zero attached hydrogens (tertiary/aromatic N) is 5. The Bertz CT molecular complexity index is 1490. The second-order valence-electron chi connectivity index (χ2n) is 10.2. The molecule has 206 valence electrons.